The molecule has 1 aromatic rings. The van der Waals surface area contributed by atoms with Gasteiger partial charge in [0.2, 0.25) is 0 Å². The number of nitrogens with zero attached hydrogens (tertiary/aromatic N) is 3. The summed E-state index contributed by atoms with van der Waals surface area (Å²) in [6, 6.07) is 1.77. The Balaban J connectivity index is 2.37. The van der Waals surface area contributed by atoms with Gasteiger partial charge in [0.25, 0.3) is 0 Å². The molecule has 0 N–H and O–H groups in total. The van der Waals surface area contributed by atoms with Gasteiger partial charge in [0, 0.05) is 12.7 Å². The van der Waals surface area contributed by atoms with Crippen LogP contribution in [0.3, 0.4) is 0 Å². The number of methoxy groups -OCH3 is 1. The average molecular weight is 312 g/mol. The highest BCUT2D eigenvalue weighted by atomic mass is 35.5. The lowest BCUT2D eigenvalue weighted by Crippen LogP contribution is -2.46. The summed E-state index contributed by atoms with van der Waals surface area (Å²) >= 11 is 6.08. The standard InChI is InChI=1S/C14H18ClN3O3/c1-9-8-21-7-6-18(9)10(2)17-12-11(14(19)20-3)4-5-16-13(12)15/h4-5,9H,6-8H2,1-3H3/b17-10+/t9-/m0/s1. The van der Waals surface area contributed by atoms with Crippen LogP contribution in [0.4, 0.5) is 5.69 Å². The van der Waals surface area contributed by atoms with E-state index in [2.05, 4.69) is 21.8 Å². The maximum absolute atomic E-state index is 11.8. The molecule has 1 saturated heterocycles. The van der Waals surface area contributed by atoms with Crippen LogP contribution in [0.15, 0.2) is 17.3 Å². The van der Waals surface area contributed by atoms with Gasteiger partial charge in [-0.1, -0.05) is 11.6 Å². The number of aromatic nitrogens is 1. The number of esters is 1. The second kappa shape index (κ2) is 6.87. The molecule has 0 amide bonds. The molecule has 0 bridgehead atoms. The third-order valence-corrected chi connectivity index (χ3v) is 3.62. The van der Waals surface area contributed by atoms with Gasteiger partial charge in [-0.2, -0.15) is 0 Å². The molecule has 0 radical (unpaired) electrons. The molecule has 7 heteroatoms. The summed E-state index contributed by atoms with van der Waals surface area (Å²) in [7, 11) is 1.32. The Morgan fingerprint density at radius 1 is 1.62 bits per heavy atom. The van der Waals surface area contributed by atoms with Gasteiger partial charge in [0.15, 0.2) is 5.15 Å². The molecule has 2 heterocycles. The first kappa shape index (κ1) is 15.7. The van der Waals surface area contributed by atoms with Gasteiger partial charge in [-0.05, 0) is 19.9 Å². The molecule has 0 unspecified atom stereocenters. The van der Waals surface area contributed by atoms with Crippen LogP contribution in [0.25, 0.3) is 0 Å². The van der Waals surface area contributed by atoms with Crippen molar-refractivity contribution in [1.29, 1.82) is 0 Å². The Bertz CT molecular complexity index is 562. The lowest BCUT2D eigenvalue weighted by atomic mass is 10.2. The van der Waals surface area contributed by atoms with Gasteiger partial charge in [-0.3, -0.25) is 0 Å². The van der Waals surface area contributed by atoms with Crippen LogP contribution in [0, 0.1) is 0 Å². The van der Waals surface area contributed by atoms with Crippen molar-refractivity contribution in [1.82, 2.24) is 9.88 Å². The third-order valence-electron chi connectivity index (χ3n) is 3.34. The molecular formula is C14H18ClN3O3. The Kier molecular flexibility index (Phi) is 5.14. The van der Waals surface area contributed by atoms with E-state index in [1.54, 1.807) is 6.07 Å². The minimum absolute atomic E-state index is 0.179. The fraction of sp³-hybridized carbons (Fsp3) is 0.500. The van der Waals surface area contributed by atoms with Crippen molar-refractivity contribution in [3.63, 3.8) is 0 Å². The zero-order valence-electron chi connectivity index (χ0n) is 12.3. The molecule has 0 aliphatic carbocycles. The Morgan fingerprint density at radius 3 is 3.05 bits per heavy atom. The lowest BCUT2D eigenvalue weighted by molar-refractivity contribution is 0.0330. The largest absolute Gasteiger partial charge is 0.465 e. The number of hydrogen-bond donors (Lipinski definition) is 0. The van der Waals surface area contributed by atoms with E-state index < -0.39 is 5.97 Å². The van der Waals surface area contributed by atoms with Crippen molar-refractivity contribution >= 4 is 29.1 Å². The van der Waals surface area contributed by atoms with Crippen LogP contribution >= 0.6 is 11.6 Å². The molecular weight excluding hydrogens is 294 g/mol. The minimum Gasteiger partial charge on any atom is -0.465 e. The third kappa shape index (κ3) is 3.51. The van der Waals surface area contributed by atoms with Gasteiger partial charge in [-0.15, -0.1) is 0 Å². The highest BCUT2D eigenvalue weighted by molar-refractivity contribution is 6.32. The number of amidine groups is 1. The second-order valence-corrected chi connectivity index (χ2v) is 5.12. The summed E-state index contributed by atoms with van der Waals surface area (Å²) in [6.45, 7) is 6.00. The summed E-state index contributed by atoms with van der Waals surface area (Å²) in [5, 5.41) is 0.179. The normalized spacial score (nSPS) is 19.5. The number of ether oxygens (including phenoxy) is 2. The molecule has 6 nitrogen and oxygen atoms in total. The maximum Gasteiger partial charge on any atom is 0.340 e. The summed E-state index contributed by atoms with van der Waals surface area (Å²) in [5.41, 5.74) is 0.639. The molecule has 1 atom stereocenters. The van der Waals surface area contributed by atoms with Gasteiger partial charge < -0.3 is 14.4 Å². The molecule has 1 aromatic heterocycles. The first-order valence-electron chi connectivity index (χ1n) is 6.67. The van der Waals surface area contributed by atoms with Crippen molar-refractivity contribution in [2.45, 2.75) is 19.9 Å². The van der Waals surface area contributed by atoms with Gasteiger partial charge >= 0.3 is 5.97 Å². The predicted molar refractivity (Wildman–Crippen MR) is 80.3 cm³/mol. The summed E-state index contributed by atoms with van der Waals surface area (Å²) in [6.07, 6.45) is 1.46. The smallest absolute Gasteiger partial charge is 0.340 e. The maximum atomic E-state index is 11.8. The van der Waals surface area contributed by atoms with E-state index in [0.717, 1.165) is 12.4 Å². The number of hydrogen-bond acceptors (Lipinski definition) is 5. The van der Waals surface area contributed by atoms with E-state index in [0.29, 0.717) is 24.5 Å². The fourth-order valence-corrected chi connectivity index (χ4v) is 2.44. The zero-order valence-corrected chi connectivity index (χ0v) is 13.1. The van der Waals surface area contributed by atoms with Crippen LogP contribution in [-0.4, -0.2) is 54.6 Å². The molecule has 1 aliphatic heterocycles. The van der Waals surface area contributed by atoms with Crippen LogP contribution in [-0.2, 0) is 9.47 Å². The van der Waals surface area contributed by atoms with Gasteiger partial charge in [0.1, 0.15) is 11.5 Å². The molecule has 21 heavy (non-hydrogen) atoms. The van der Waals surface area contributed by atoms with Crippen LogP contribution in [0.2, 0.25) is 5.15 Å². The molecule has 0 aromatic carbocycles. The summed E-state index contributed by atoms with van der Waals surface area (Å²) < 4.78 is 10.2. The quantitative estimate of drug-likeness (QED) is 0.363. The summed E-state index contributed by atoms with van der Waals surface area (Å²) in [4.78, 5) is 22.4. The molecule has 0 spiro atoms. The van der Waals surface area contributed by atoms with E-state index in [-0.39, 0.29) is 11.2 Å². The van der Waals surface area contributed by atoms with Crippen molar-refractivity contribution < 1.29 is 14.3 Å². The molecule has 2 rings (SSSR count). The molecule has 114 valence electrons. The Hall–Kier alpha value is -1.66. The monoisotopic (exact) mass is 311 g/mol. The predicted octanol–water partition coefficient (Wildman–Crippen LogP) is 2.29. The number of carbonyl (C=O) groups excluding carboxylic acids is 1. The second-order valence-electron chi connectivity index (χ2n) is 4.77. The van der Waals surface area contributed by atoms with E-state index in [1.807, 2.05) is 6.92 Å². The number of pyridine rings is 1. The van der Waals surface area contributed by atoms with Gasteiger partial charge in [0.05, 0.1) is 31.9 Å². The highest BCUT2D eigenvalue weighted by Gasteiger charge is 2.21. The van der Waals surface area contributed by atoms with E-state index in [4.69, 9.17) is 21.1 Å². The highest BCUT2D eigenvalue weighted by Crippen LogP contribution is 2.28. The minimum atomic E-state index is -0.485. The van der Waals surface area contributed by atoms with Crippen LogP contribution < -0.4 is 0 Å². The number of carbonyl (C=O) groups is 1. The van der Waals surface area contributed by atoms with Crippen molar-refractivity contribution in [3.05, 3.63) is 23.0 Å². The lowest BCUT2D eigenvalue weighted by Gasteiger charge is -2.34. The average Bonchev–Trinajstić information content (AvgIpc) is 2.48. The van der Waals surface area contributed by atoms with Crippen LogP contribution in [0.1, 0.15) is 24.2 Å². The first-order valence-corrected chi connectivity index (χ1v) is 7.05. The van der Waals surface area contributed by atoms with Crippen LogP contribution in [0.5, 0.6) is 0 Å². The number of aliphatic imine (C=N–C) groups is 1. The van der Waals surface area contributed by atoms with Crippen molar-refractivity contribution in [2.24, 2.45) is 4.99 Å². The van der Waals surface area contributed by atoms with E-state index in [1.165, 1.54) is 13.3 Å². The molecule has 1 fully saturated rings. The topological polar surface area (TPSA) is 64.0 Å². The van der Waals surface area contributed by atoms with E-state index >= 15 is 0 Å². The number of halogens is 1. The van der Waals surface area contributed by atoms with E-state index in [9.17, 15) is 4.79 Å². The SMILES string of the molecule is COC(=O)c1ccnc(Cl)c1/N=C(\C)N1CCOC[C@@H]1C. The van der Waals surface area contributed by atoms with Crippen molar-refractivity contribution in [2.75, 3.05) is 26.9 Å². The first-order chi connectivity index (χ1) is 10.0. The summed E-state index contributed by atoms with van der Waals surface area (Å²) in [5.74, 6) is 0.284. The Morgan fingerprint density at radius 2 is 2.38 bits per heavy atom. The Labute approximate surface area is 128 Å². The number of rotatable bonds is 2. The molecule has 0 saturated carbocycles. The number of morpholine rings is 1. The van der Waals surface area contributed by atoms with Gasteiger partial charge in [-0.25, -0.2) is 14.8 Å². The zero-order chi connectivity index (χ0) is 15.4. The fourth-order valence-electron chi connectivity index (χ4n) is 2.24. The van der Waals surface area contributed by atoms with Crippen molar-refractivity contribution in [3.8, 4) is 0 Å². The molecule has 1 aliphatic rings.